The first-order chi connectivity index (χ1) is 13.8. The van der Waals surface area contributed by atoms with Crippen LogP contribution in [0.15, 0.2) is 24.3 Å². The molecule has 1 aliphatic carbocycles. The van der Waals surface area contributed by atoms with Crippen LogP contribution in [0.2, 0.25) is 5.02 Å². The molecule has 29 heavy (non-hydrogen) atoms. The molecule has 1 saturated heterocycles. The molecule has 1 saturated carbocycles. The van der Waals surface area contributed by atoms with Crippen LogP contribution in [-0.2, 0) is 20.2 Å². The van der Waals surface area contributed by atoms with Crippen molar-refractivity contribution < 1.29 is 13.2 Å². The van der Waals surface area contributed by atoms with Gasteiger partial charge in [0.1, 0.15) is 0 Å². The summed E-state index contributed by atoms with van der Waals surface area (Å²) in [5, 5.41) is 4.23. The van der Waals surface area contributed by atoms with Crippen molar-refractivity contribution in [3.05, 3.63) is 34.9 Å². The molecule has 2 aliphatic rings. The number of sulfone groups is 1. The Kier molecular flexibility index (Phi) is 7.28. The molecule has 3 rings (SSSR count). The Labute approximate surface area is 180 Å². The third-order valence-corrected chi connectivity index (χ3v) is 8.79. The predicted octanol–water partition coefficient (Wildman–Crippen LogP) is 3.90. The second kappa shape index (κ2) is 9.36. The first-order valence-electron chi connectivity index (χ1n) is 10.8. The van der Waals surface area contributed by atoms with Crippen LogP contribution in [-0.4, -0.2) is 49.4 Å². The number of hydrogen-bond donors (Lipinski definition) is 1. The largest absolute Gasteiger partial charge is 0.335 e. The molecular formula is C22H33ClN2O3S. The van der Waals surface area contributed by atoms with Crippen molar-refractivity contribution in [1.29, 1.82) is 0 Å². The molecule has 1 aromatic carbocycles. The van der Waals surface area contributed by atoms with Gasteiger partial charge in [0.2, 0.25) is 5.91 Å². The van der Waals surface area contributed by atoms with E-state index in [0.29, 0.717) is 11.4 Å². The zero-order valence-electron chi connectivity index (χ0n) is 17.5. The van der Waals surface area contributed by atoms with E-state index in [1.54, 1.807) is 0 Å². The summed E-state index contributed by atoms with van der Waals surface area (Å²) in [7, 11) is -3.03. The highest BCUT2D eigenvalue weighted by atomic mass is 35.5. The van der Waals surface area contributed by atoms with E-state index < -0.39 is 9.84 Å². The first-order valence-corrected chi connectivity index (χ1v) is 13.0. The van der Waals surface area contributed by atoms with Crippen LogP contribution in [0.1, 0.15) is 64.4 Å². The SMILES string of the molecule is CCC(CC)(NCC(=O)N(C1CCCC1)C1CCS(=O)(=O)C1)c1ccc(Cl)cc1. The number of carbonyl (C=O) groups excluding carboxylic acids is 1. The van der Waals surface area contributed by atoms with Crippen molar-refractivity contribution in [2.75, 3.05) is 18.1 Å². The summed E-state index contributed by atoms with van der Waals surface area (Å²) in [6, 6.07) is 7.81. The molecule has 1 atom stereocenters. The van der Waals surface area contributed by atoms with Gasteiger partial charge >= 0.3 is 0 Å². The van der Waals surface area contributed by atoms with Crippen molar-refractivity contribution in [2.45, 2.75) is 76.4 Å². The summed E-state index contributed by atoms with van der Waals surface area (Å²) >= 11 is 6.06. The molecule has 0 aromatic heterocycles. The molecule has 0 radical (unpaired) electrons. The third kappa shape index (κ3) is 5.15. The van der Waals surface area contributed by atoms with Gasteiger partial charge < -0.3 is 4.90 Å². The zero-order valence-corrected chi connectivity index (χ0v) is 19.1. The molecule has 7 heteroatoms. The van der Waals surface area contributed by atoms with E-state index in [-0.39, 0.29) is 41.6 Å². The fourth-order valence-electron chi connectivity index (χ4n) is 5.00. The average molecular weight is 441 g/mol. The molecule has 2 fully saturated rings. The lowest BCUT2D eigenvalue weighted by Crippen LogP contribution is -2.53. The van der Waals surface area contributed by atoms with E-state index in [2.05, 4.69) is 19.2 Å². The van der Waals surface area contributed by atoms with E-state index in [0.717, 1.165) is 44.1 Å². The highest BCUT2D eigenvalue weighted by molar-refractivity contribution is 7.91. The highest BCUT2D eigenvalue weighted by Crippen LogP contribution is 2.31. The minimum absolute atomic E-state index is 0.0271. The maximum absolute atomic E-state index is 13.3. The minimum atomic E-state index is -3.03. The molecule has 162 valence electrons. The van der Waals surface area contributed by atoms with Gasteiger partial charge in [-0.3, -0.25) is 10.1 Å². The molecule has 1 heterocycles. The topological polar surface area (TPSA) is 66.5 Å². The normalized spacial score (nSPS) is 22.1. The molecule has 1 unspecified atom stereocenters. The summed E-state index contributed by atoms with van der Waals surface area (Å²) in [6.45, 7) is 4.46. The Morgan fingerprint density at radius 3 is 2.24 bits per heavy atom. The van der Waals surface area contributed by atoms with Gasteiger partial charge in [0.25, 0.3) is 0 Å². The maximum atomic E-state index is 13.3. The molecule has 0 spiro atoms. The summed E-state index contributed by atoms with van der Waals surface area (Å²) < 4.78 is 24.1. The van der Waals surface area contributed by atoms with Gasteiger partial charge in [0.05, 0.1) is 18.1 Å². The van der Waals surface area contributed by atoms with E-state index in [1.807, 2.05) is 29.2 Å². The van der Waals surface area contributed by atoms with Crippen molar-refractivity contribution in [3.63, 3.8) is 0 Å². The number of amides is 1. The standard InChI is InChI=1S/C22H33ClN2O3S/c1-3-22(4-2,17-9-11-18(23)12-10-17)24-15-21(26)25(19-7-5-6-8-19)20-13-14-29(27,28)16-20/h9-12,19-20,24H,3-8,13-16H2,1-2H3. The number of benzene rings is 1. The van der Waals surface area contributed by atoms with Crippen LogP contribution in [0.4, 0.5) is 0 Å². The smallest absolute Gasteiger partial charge is 0.237 e. The number of halogens is 1. The van der Waals surface area contributed by atoms with Crippen molar-refractivity contribution in [3.8, 4) is 0 Å². The van der Waals surface area contributed by atoms with Gasteiger partial charge in [0, 0.05) is 22.6 Å². The fraction of sp³-hybridized carbons (Fsp3) is 0.682. The van der Waals surface area contributed by atoms with Crippen molar-refractivity contribution >= 4 is 27.3 Å². The lowest BCUT2D eigenvalue weighted by Gasteiger charge is -2.37. The second-order valence-electron chi connectivity index (χ2n) is 8.45. The lowest BCUT2D eigenvalue weighted by atomic mass is 9.84. The molecule has 1 N–H and O–H groups in total. The average Bonchev–Trinajstić information content (AvgIpc) is 3.34. The van der Waals surface area contributed by atoms with E-state index in [1.165, 1.54) is 0 Å². The molecule has 0 bridgehead atoms. The molecular weight excluding hydrogens is 408 g/mol. The molecule has 1 amide bonds. The van der Waals surface area contributed by atoms with Gasteiger partial charge in [-0.25, -0.2) is 8.42 Å². The molecule has 1 aromatic rings. The van der Waals surface area contributed by atoms with Gasteiger partial charge in [-0.15, -0.1) is 0 Å². The fourth-order valence-corrected chi connectivity index (χ4v) is 6.84. The summed E-state index contributed by atoms with van der Waals surface area (Å²) in [5.74, 6) is 0.332. The number of rotatable bonds is 8. The zero-order chi connectivity index (χ0) is 21.1. The number of hydrogen-bond acceptors (Lipinski definition) is 4. The van der Waals surface area contributed by atoms with E-state index >= 15 is 0 Å². The Morgan fingerprint density at radius 2 is 1.72 bits per heavy atom. The quantitative estimate of drug-likeness (QED) is 0.665. The van der Waals surface area contributed by atoms with Crippen molar-refractivity contribution in [2.24, 2.45) is 0 Å². The Balaban J connectivity index is 1.76. The van der Waals surface area contributed by atoms with E-state index in [9.17, 15) is 13.2 Å². The lowest BCUT2D eigenvalue weighted by molar-refractivity contribution is -0.135. The third-order valence-electron chi connectivity index (χ3n) is 6.79. The van der Waals surface area contributed by atoms with Gasteiger partial charge in [0.15, 0.2) is 9.84 Å². The van der Waals surface area contributed by atoms with E-state index in [4.69, 9.17) is 11.6 Å². The van der Waals surface area contributed by atoms with Crippen molar-refractivity contribution in [1.82, 2.24) is 10.2 Å². The number of nitrogens with zero attached hydrogens (tertiary/aromatic N) is 1. The number of carbonyl (C=O) groups is 1. The minimum Gasteiger partial charge on any atom is -0.335 e. The van der Waals surface area contributed by atoms with Crippen LogP contribution in [0.3, 0.4) is 0 Å². The summed E-state index contributed by atoms with van der Waals surface area (Å²) in [6.07, 6.45) is 6.44. The summed E-state index contributed by atoms with van der Waals surface area (Å²) in [4.78, 5) is 15.3. The van der Waals surface area contributed by atoms with Crippen LogP contribution in [0.25, 0.3) is 0 Å². The van der Waals surface area contributed by atoms with Crippen LogP contribution >= 0.6 is 11.6 Å². The van der Waals surface area contributed by atoms with Crippen LogP contribution in [0, 0.1) is 0 Å². The van der Waals surface area contributed by atoms with Crippen LogP contribution in [0.5, 0.6) is 0 Å². The first kappa shape index (κ1) is 22.6. The number of nitrogens with one attached hydrogen (secondary N) is 1. The molecule has 5 nitrogen and oxygen atoms in total. The highest BCUT2D eigenvalue weighted by Gasteiger charge is 2.39. The molecule has 1 aliphatic heterocycles. The monoisotopic (exact) mass is 440 g/mol. The predicted molar refractivity (Wildman–Crippen MR) is 118 cm³/mol. The van der Waals surface area contributed by atoms with Gasteiger partial charge in [-0.2, -0.15) is 0 Å². The Morgan fingerprint density at radius 1 is 1.10 bits per heavy atom. The van der Waals surface area contributed by atoms with Gasteiger partial charge in [-0.1, -0.05) is 50.4 Å². The Hall–Kier alpha value is -1.11. The van der Waals surface area contributed by atoms with Crippen LogP contribution < -0.4 is 5.32 Å². The second-order valence-corrected chi connectivity index (χ2v) is 11.1. The Bertz CT molecular complexity index is 800. The van der Waals surface area contributed by atoms with Gasteiger partial charge in [-0.05, 0) is 49.8 Å². The summed E-state index contributed by atoms with van der Waals surface area (Å²) in [5.41, 5.74) is 0.819. The maximum Gasteiger partial charge on any atom is 0.237 e.